The number of fused-ring (bicyclic) bond motifs is 1. The molecule has 1 atom stereocenters. The second-order valence-electron chi connectivity index (χ2n) is 3.53. The molecule has 0 fully saturated rings. The largest absolute Gasteiger partial charge is 0.395 e. The average Bonchev–Trinajstić information content (AvgIpc) is 2.80. The molecule has 1 aliphatic carbocycles. The lowest BCUT2D eigenvalue weighted by Gasteiger charge is -2.15. The molecule has 1 heterocycles. The predicted octanol–water partition coefficient (Wildman–Crippen LogP) is 1.19. The summed E-state index contributed by atoms with van der Waals surface area (Å²) in [5.41, 5.74) is 1.45. The van der Waals surface area contributed by atoms with Gasteiger partial charge in [0.25, 0.3) is 0 Å². The minimum Gasteiger partial charge on any atom is -0.395 e. The molecule has 1 aromatic rings. The number of nitrogens with one attached hydrogen (secondary N) is 2. The van der Waals surface area contributed by atoms with Gasteiger partial charge in [0.2, 0.25) is 0 Å². The standard InChI is InChI=1S/C10H14N2OS2/c13-5-4-11-10(14)12-8-2-1-7-3-6-15-9(7)8/h3,6,8,13H,1-2,4-5H2,(H2,11,12,14). The first-order valence-corrected chi connectivity index (χ1v) is 6.31. The van der Waals surface area contributed by atoms with Gasteiger partial charge in [0.05, 0.1) is 12.6 Å². The molecule has 0 saturated heterocycles. The molecule has 0 aromatic carbocycles. The summed E-state index contributed by atoms with van der Waals surface area (Å²) in [7, 11) is 0. The van der Waals surface area contributed by atoms with Crippen molar-refractivity contribution in [2.45, 2.75) is 18.9 Å². The van der Waals surface area contributed by atoms with E-state index in [1.807, 2.05) is 0 Å². The first-order chi connectivity index (χ1) is 7.31. The Labute approximate surface area is 98.5 Å². The van der Waals surface area contributed by atoms with E-state index in [1.165, 1.54) is 10.4 Å². The summed E-state index contributed by atoms with van der Waals surface area (Å²) in [6, 6.07) is 2.55. The van der Waals surface area contributed by atoms with Gasteiger partial charge in [0.1, 0.15) is 0 Å². The Balaban J connectivity index is 1.89. The number of hydrogen-bond donors (Lipinski definition) is 3. The third-order valence-corrected chi connectivity index (χ3v) is 3.84. The van der Waals surface area contributed by atoms with Gasteiger partial charge in [-0.1, -0.05) is 0 Å². The van der Waals surface area contributed by atoms with Crippen molar-refractivity contribution >= 4 is 28.7 Å². The summed E-state index contributed by atoms with van der Waals surface area (Å²) < 4.78 is 0. The van der Waals surface area contributed by atoms with Crippen LogP contribution in [0, 0.1) is 0 Å². The van der Waals surface area contributed by atoms with Crippen molar-refractivity contribution in [2.24, 2.45) is 0 Å². The number of thiophene rings is 1. The van der Waals surface area contributed by atoms with Crippen LogP contribution in [-0.4, -0.2) is 23.4 Å². The molecule has 0 bridgehead atoms. The molecule has 3 N–H and O–H groups in total. The van der Waals surface area contributed by atoms with Crippen molar-refractivity contribution in [2.75, 3.05) is 13.2 Å². The zero-order valence-electron chi connectivity index (χ0n) is 8.32. The first kappa shape index (κ1) is 10.9. The van der Waals surface area contributed by atoms with Crippen LogP contribution in [0.2, 0.25) is 0 Å². The Morgan fingerprint density at radius 1 is 1.67 bits per heavy atom. The number of aryl methyl sites for hydroxylation is 1. The fourth-order valence-corrected chi connectivity index (χ4v) is 3.09. The van der Waals surface area contributed by atoms with Crippen molar-refractivity contribution in [3.05, 3.63) is 21.9 Å². The number of aliphatic hydroxyl groups is 1. The topological polar surface area (TPSA) is 44.3 Å². The molecule has 1 aliphatic rings. The number of rotatable bonds is 3. The van der Waals surface area contributed by atoms with Crippen LogP contribution in [0.1, 0.15) is 22.9 Å². The second-order valence-corrected chi connectivity index (χ2v) is 4.88. The van der Waals surface area contributed by atoms with E-state index in [9.17, 15) is 0 Å². The van der Waals surface area contributed by atoms with Gasteiger partial charge in [0, 0.05) is 11.4 Å². The predicted molar refractivity (Wildman–Crippen MR) is 66.2 cm³/mol. The fraction of sp³-hybridized carbons (Fsp3) is 0.500. The summed E-state index contributed by atoms with van der Waals surface area (Å²) in [4.78, 5) is 1.41. The van der Waals surface area contributed by atoms with E-state index in [2.05, 4.69) is 22.1 Å². The summed E-state index contributed by atoms with van der Waals surface area (Å²) >= 11 is 6.92. The molecular weight excluding hydrogens is 228 g/mol. The number of hydrogen-bond acceptors (Lipinski definition) is 3. The maximum Gasteiger partial charge on any atom is 0.166 e. The number of aliphatic hydroxyl groups excluding tert-OH is 1. The minimum absolute atomic E-state index is 0.108. The summed E-state index contributed by atoms with van der Waals surface area (Å²) in [6.07, 6.45) is 2.25. The third-order valence-electron chi connectivity index (χ3n) is 2.50. The Bertz CT molecular complexity index is 351. The van der Waals surface area contributed by atoms with Crippen LogP contribution in [-0.2, 0) is 6.42 Å². The zero-order valence-corrected chi connectivity index (χ0v) is 9.96. The summed E-state index contributed by atoms with van der Waals surface area (Å²) in [5, 5.41) is 17.6. The second kappa shape index (κ2) is 4.92. The molecule has 0 saturated carbocycles. The molecule has 0 amide bonds. The molecule has 15 heavy (non-hydrogen) atoms. The summed E-state index contributed by atoms with van der Waals surface area (Å²) in [6.45, 7) is 0.618. The van der Waals surface area contributed by atoms with E-state index in [0.29, 0.717) is 17.7 Å². The average molecular weight is 242 g/mol. The monoisotopic (exact) mass is 242 g/mol. The molecule has 3 nitrogen and oxygen atoms in total. The third kappa shape index (κ3) is 2.48. The van der Waals surface area contributed by atoms with Gasteiger partial charge in [0.15, 0.2) is 5.11 Å². The zero-order chi connectivity index (χ0) is 10.7. The van der Waals surface area contributed by atoms with Crippen LogP contribution < -0.4 is 10.6 Å². The van der Waals surface area contributed by atoms with Gasteiger partial charge in [-0.3, -0.25) is 0 Å². The van der Waals surface area contributed by atoms with Gasteiger partial charge in [-0.25, -0.2) is 0 Å². The lowest BCUT2D eigenvalue weighted by atomic mass is 10.3. The SMILES string of the molecule is OCCNC(=S)NC1CCc2ccsc21. The van der Waals surface area contributed by atoms with E-state index in [-0.39, 0.29) is 6.61 Å². The Hall–Kier alpha value is -0.650. The van der Waals surface area contributed by atoms with Crippen molar-refractivity contribution in [3.8, 4) is 0 Å². The molecule has 1 aromatic heterocycles. The normalized spacial score (nSPS) is 18.6. The van der Waals surface area contributed by atoms with Gasteiger partial charge in [-0.2, -0.15) is 0 Å². The van der Waals surface area contributed by atoms with E-state index in [4.69, 9.17) is 17.3 Å². The van der Waals surface area contributed by atoms with Gasteiger partial charge in [-0.05, 0) is 42.1 Å². The van der Waals surface area contributed by atoms with Gasteiger partial charge < -0.3 is 15.7 Å². The van der Waals surface area contributed by atoms with Crippen LogP contribution in [0.5, 0.6) is 0 Å². The highest BCUT2D eigenvalue weighted by Crippen LogP contribution is 2.35. The van der Waals surface area contributed by atoms with Crippen LogP contribution in [0.15, 0.2) is 11.4 Å². The van der Waals surface area contributed by atoms with Crippen LogP contribution in [0.4, 0.5) is 0 Å². The van der Waals surface area contributed by atoms with Crippen LogP contribution in [0.25, 0.3) is 0 Å². The molecule has 0 aliphatic heterocycles. The quantitative estimate of drug-likeness (QED) is 0.697. The van der Waals surface area contributed by atoms with Crippen molar-refractivity contribution in [1.29, 1.82) is 0 Å². The smallest absolute Gasteiger partial charge is 0.166 e. The molecule has 1 unspecified atom stereocenters. The highest BCUT2D eigenvalue weighted by molar-refractivity contribution is 7.80. The van der Waals surface area contributed by atoms with E-state index in [1.54, 1.807) is 11.3 Å². The van der Waals surface area contributed by atoms with Crippen molar-refractivity contribution < 1.29 is 5.11 Å². The van der Waals surface area contributed by atoms with Crippen molar-refractivity contribution in [1.82, 2.24) is 10.6 Å². The molecule has 0 spiro atoms. The minimum atomic E-state index is 0.108. The highest BCUT2D eigenvalue weighted by atomic mass is 32.1. The first-order valence-electron chi connectivity index (χ1n) is 5.02. The molecule has 5 heteroatoms. The maximum absolute atomic E-state index is 8.65. The lowest BCUT2D eigenvalue weighted by molar-refractivity contribution is 0.300. The number of thiocarbonyl (C=S) groups is 1. The Kier molecular flexibility index (Phi) is 3.56. The Morgan fingerprint density at radius 3 is 3.33 bits per heavy atom. The molecular formula is C10H14N2OS2. The van der Waals surface area contributed by atoms with E-state index >= 15 is 0 Å². The fourth-order valence-electron chi connectivity index (χ4n) is 1.81. The van der Waals surface area contributed by atoms with Crippen LogP contribution >= 0.6 is 23.6 Å². The lowest BCUT2D eigenvalue weighted by Crippen LogP contribution is -2.38. The molecule has 0 radical (unpaired) electrons. The molecule has 2 rings (SSSR count). The van der Waals surface area contributed by atoms with Gasteiger partial charge in [-0.15, -0.1) is 11.3 Å². The molecule has 82 valence electrons. The van der Waals surface area contributed by atoms with E-state index in [0.717, 1.165) is 12.8 Å². The van der Waals surface area contributed by atoms with Crippen molar-refractivity contribution in [3.63, 3.8) is 0 Å². The van der Waals surface area contributed by atoms with Crippen LogP contribution in [0.3, 0.4) is 0 Å². The maximum atomic E-state index is 8.65. The summed E-state index contributed by atoms with van der Waals surface area (Å²) in [5.74, 6) is 0. The van der Waals surface area contributed by atoms with Gasteiger partial charge >= 0.3 is 0 Å². The Morgan fingerprint density at radius 2 is 2.53 bits per heavy atom. The highest BCUT2D eigenvalue weighted by Gasteiger charge is 2.23. The van der Waals surface area contributed by atoms with E-state index < -0.39 is 0 Å².